The summed E-state index contributed by atoms with van der Waals surface area (Å²) in [4.78, 5) is 12.3. The molecular formula is C19H18N4O3S. The van der Waals surface area contributed by atoms with Gasteiger partial charge in [0.05, 0.1) is 11.1 Å². The van der Waals surface area contributed by atoms with Gasteiger partial charge in [0, 0.05) is 29.1 Å². The fourth-order valence-electron chi connectivity index (χ4n) is 2.67. The van der Waals surface area contributed by atoms with E-state index in [1.165, 1.54) is 18.2 Å². The molecule has 1 aliphatic rings. The fraction of sp³-hybridized carbons (Fsp3) is 0.158. The largest absolute Gasteiger partial charge is 0.349 e. The Hall–Kier alpha value is -3.13. The summed E-state index contributed by atoms with van der Waals surface area (Å²) in [6, 6.07) is 13.2. The summed E-state index contributed by atoms with van der Waals surface area (Å²) >= 11 is 0. The van der Waals surface area contributed by atoms with Gasteiger partial charge in [0.2, 0.25) is 0 Å². The van der Waals surface area contributed by atoms with Crippen LogP contribution in [0.1, 0.15) is 23.2 Å². The van der Waals surface area contributed by atoms with Gasteiger partial charge in [-0.15, -0.1) is 0 Å². The van der Waals surface area contributed by atoms with E-state index in [1.54, 1.807) is 42.7 Å². The molecule has 0 bridgehead atoms. The Kier molecular flexibility index (Phi) is 4.41. The predicted octanol–water partition coefficient (Wildman–Crippen LogP) is 2.77. The molecule has 1 aromatic heterocycles. The average molecular weight is 382 g/mol. The molecule has 1 aliphatic carbocycles. The molecule has 138 valence electrons. The molecule has 27 heavy (non-hydrogen) atoms. The zero-order valence-corrected chi connectivity index (χ0v) is 15.2. The van der Waals surface area contributed by atoms with Crippen molar-refractivity contribution < 1.29 is 13.2 Å². The van der Waals surface area contributed by atoms with Crippen LogP contribution in [0.4, 0.5) is 5.69 Å². The van der Waals surface area contributed by atoms with Crippen LogP contribution in [0.5, 0.6) is 0 Å². The Morgan fingerprint density at radius 1 is 1.07 bits per heavy atom. The van der Waals surface area contributed by atoms with Crippen molar-refractivity contribution in [3.8, 4) is 11.1 Å². The second-order valence-corrected chi connectivity index (χ2v) is 8.13. The Bertz CT molecular complexity index is 1060. The lowest BCUT2D eigenvalue weighted by atomic mass is 10.1. The number of hydrogen-bond acceptors (Lipinski definition) is 4. The predicted molar refractivity (Wildman–Crippen MR) is 102 cm³/mol. The van der Waals surface area contributed by atoms with E-state index in [0.29, 0.717) is 11.3 Å². The first-order valence-corrected chi connectivity index (χ1v) is 10.0. The molecule has 1 amide bonds. The van der Waals surface area contributed by atoms with E-state index in [-0.39, 0.29) is 16.8 Å². The number of carbonyl (C=O) groups excluding carboxylic acids is 1. The first-order chi connectivity index (χ1) is 13.0. The first kappa shape index (κ1) is 17.3. The minimum atomic E-state index is -3.76. The van der Waals surface area contributed by atoms with Gasteiger partial charge in [-0.1, -0.05) is 18.2 Å². The molecule has 1 saturated carbocycles. The molecule has 0 saturated heterocycles. The van der Waals surface area contributed by atoms with Crippen molar-refractivity contribution in [2.75, 3.05) is 4.72 Å². The van der Waals surface area contributed by atoms with Gasteiger partial charge in [-0.2, -0.15) is 5.10 Å². The third kappa shape index (κ3) is 4.01. The number of anilines is 1. The summed E-state index contributed by atoms with van der Waals surface area (Å²) in [7, 11) is -3.76. The topological polar surface area (TPSA) is 104 Å². The Balaban J connectivity index is 1.51. The number of nitrogens with zero attached hydrogens (tertiary/aromatic N) is 1. The van der Waals surface area contributed by atoms with Crippen molar-refractivity contribution in [1.82, 2.24) is 15.5 Å². The van der Waals surface area contributed by atoms with Crippen LogP contribution in [0, 0.1) is 0 Å². The van der Waals surface area contributed by atoms with Gasteiger partial charge in [0.1, 0.15) is 0 Å². The monoisotopic (exact) mass is 382 g/mol. The maximum atomic E-state index is 12.6. The Morgan fingerprint density at radius 2 is 1.85 bits per heavy atom. The lowest BCUT2D eigenvalue weighted by Crippen LogP contribution is -2.25. The van der Waals surface area contributed by atoms with Crippen molar-refractivity contribution in [3.63, 3.8) is 0 Å². The van der Waals surface area contributed by atoms with Crippen molar-refractivity contribution in [1.29, 1.82) is 0 Å². The van der Waals surface area contributed by atoms with Crippen molar-refractivity contribution in [3.05, 3.63) is 66.5 Å². The molecule has 0 atom stereocenters. The number of aromatic nitrogens is 2. The molecule has 8 heteroatoms. The summed E-state index contributed by atoms with van der Waals surface area (Å²) in [5.41, 5.74) is 2.51. The van der Waals surface area contributed by atoms with Crippen LogP contribution in [0.2, 0.25) is 0 Å². The number of amides is 1. The number of nitrogens with one attached hydrogen (secondary N) is 3. The molecule has 7 nitrogen and oxygen atoms in total. The molecule has 4 rings (SSSR count). The van der Waals surface area contributed by atoms with E-state index < -0.39 is 10.0 Å². The average Bonchev–Trinajstić information content (AvgIpc) is 3.30. The van der Waals surface area contributed by atoms with Crippen molar-refractivity contribution >= 4 is 21.6 Å². The van der Waals surface area contributed by atoms with Crippen LogP contribution in [0.15, 0.2) is 65.8 Å². The standard InChI is InChI=1S/C19H18N4O3S/c24-19(22-16-6-7-16)14-2-1-3-17(10-14)23-27(25,26)18-8-4-13(5-9-18)15-11-20-21-12-15/h1-5,8-12,16,23H,6-7H2,(H,20,21)(H,22,24). The molecule has 1 heterocycles. The summed E-state index contributed by atoms with van der Waals surface area (Å²) in [5.74, 6) is -0.192. The third-order valence-electron chi connectivity index (χ3n) is 4.29. The summed E-state index contributed by atoms with van der Waals surface area (Å²) in [6.07, 6.45) is 5.39. The van der Waals surface area contributed by atoms with Gasteiger partial charge < -0.3 is 5.32 Å². The number of benzene rings is 2. The summed E-state index contributed by atoms with van der Waals surface area (Å²) < 4.78 is 27.8. The highest BCUT2D eigenvalue weighted by Crippen LogP contribution is 2.23. The highest BCUT2D eigenvalue weighted by molar-refractivity contribution is 7.92. The van der Waals surface area contributed by atoms with Crippen LogP contribution < -0.4 is 10.0 Å². The maximum absolute atomic E-state index is 12.6. The van der Waals surface area contributed by atoms with Crippen LogP contribution >= 0.6 is 0 Å². The second-order valence-electron chi connectivity index (χ2n) is 6.45. The minimum absolute atomic E-state index is 0.141. The van der Waals surface area contributed by atoms with Crippen LogP contribution in [0.3, 0.4) is 0 Å². The zero-order valence-electron chi connectivity index (χ0n) is 14.3. The number of rotatable bonds is 6. The molecule has 1 fully saturated rings. The van der Waals surface area contributed by atoms with Gasteiger partial charge in [-0.3, -0.25) is 14.6 Å². The van der Waals surface area contributed by atoms with Gasteiger partial charge in [-0.05, 0) is 48.7 Å². The number of aromatic amines is 1. The van der Waals surface area contributed by atoms with Crippen LogP contribution in [-0.4, -0.2) is 30.6 Å². The van der Waals surface area contributed by atoms with Gasteiger partial charge in [-0.25, -0.2) is 8.42 Å². The normalized spacial score (nSPS) is 13.9. The van der Waals surface area contributed by atoms with E-state index in [9.17, 15) is 13.2 Å². The number of H-pyrrole nitrogens is 1. The fourth-order valence-corrected chi connectivity index (χ4v) is 3.72. The van der Waals surface area contributed by atoms with Crippen molar-refractivity contribution in [2.45, 2.75) is 23.8 Å². The number of sulfonamides is 1. The molecule has 2 aromatic carbocycles. The van der Waals surface area contributed by atoms with E-state index in [2.05, 4.69) is 20.2 Å². The van der Waals surface area contributed by atoms with Crippen LogP contribution in [-0.2, 0) is 10.0 Å². The lowest BCUT2D eigenvalue weighted by Gasteiger charge is -2.10. The van der Waals surface area contributed by atoms with E-state index in [1.807, 2.05) is 0 Å². The van der Waals surface area contributed by atoms with E-state index in [4.69, 9.17) is 0 Å². The maximum Gasteiger partial charge on any atom is 0.261 e. The molecule has 0 aliphatic heterocycles. The first-order valence-electron chi connectivity index (χ1n) is 8.54. The number of hydrogen-bond donors (Lipinski definition) is 3. The Labute approximate surface area is 156 Å². The molecule has 0 unspecified atom stereocenters. The SMILES string of the molecule is O=C(NC1CC1)c1cccc(NS(=O)(=O)c2ccc(-c3cn[nH]c3)cc2)c1. The molecule has 3 N–H and O–H groups in total. The summed E-state index contributed by atoms with van der Waals surface area (Å²) in [5, 5.41) is 9.49. The van der Waals surface area contributed by atoms with E-state index >= 15 is 0 Å². The van der Waals surface area contributed by atoms with Gasteiger partial charge in [0.25, 0.3) is 15.9 Å². The van der Waals surface area contributed by atoms with Crippen molar-refractivity contribution in [2.24, 2.45) is 0 Å². The van der Waals surface area contributed by atoms with Gasteiger partial charge >= 0.3 is 0 Å². The van der Waals surface area contributed by atoms with E-state index in [0.717, 1.165) is 24.0 Å². The Morgan fingerprint density at radius 3 is 2.52 bits per heavy atom. The molecule has 0 radical (unpaired) electrons. The molecular weight excluding hydrogens is 364 g/mol. The smallest absolute Gasteiger partial charge is 0.261 e. The highest BCUT2D eigenvalue weighted by atomic mass is 32.2. The lowest BCUT2D eigenvalue weighted by molar-refractivity contribution is 0.0951. The minimum Gasteiger partial charge on any atom is -0.349 e. The molecule has 0 spiro atoms. The molecule has 3 aromatic rings. The van der Waals surface area contributed by atoms with Gasteiger partial charge in [0.15, 0.2) is 0 Å². The number of carbonyl (C=O) groups is 1. The third-order valence-corrected chi connectivity index (χ3v) is 5.68. The second kappa shape index (κ2) is 6.88. The highest BCUT2D eigenvalue weighted by Gasteiger charge is 2.24. The zero-order chi connectivity index (χ0) is 18.9. The quantitative estimate of drug-likeness (QED) is 0.610. The summed E-state index contributed by atoms with van der Waals surface area (Å²) in [6.45, 7) is 0. The van der Waals surface area contributed by atoms with Crippen LogP contribution in [0.25, 0.3) is 11.1 Å².